The molecule has 1 unspecified atom stereocenters. The molecule has 0 spiro atoms. The van der Waals surface area contributed by atoms with Gasteiger partial charge in [-0.05, 0) is 43.2 Å². The highest BCUT2D eigenvalue weighted by Crippen LogP contribution is 2.19. The van der Waals surface area contributed by atoms with E-state index in [2.05, 4.69) is 10.3 Å². The number of hydrogen-bond acceptors (Lipinski definition) is 3. The molecule has 0 bridgehead atoms. The van der Waals surface area contributed by atoms with Crippen LogP contribution in [-0.2, 0) is 6.54 Å². The van der Waals surface area contributed by atoms with E-state index in [-0.39, 0.29) is 29.2 Å². The molecule has 1 heterocycles. The molecule has 0 aliphatic rings. The number of aromatic nitrogens is 1. The van der Waals surface area contributed by atoms with Gasteiger partial charge in [0.1, 0.15) is 11.4 Å². The van der Waals surface area contributed by atoms with E-state index in [0.717, 1.165) is 17.7 Å². The van der Waals surface area contributed by atoms with E-state index >= 15 is 0 Å². The quantitative estimate of drug-likeness (QED) is 0.651. The third-order valence-electron chi connectivity index (χ3n) is 4.69. The van der Waals surface area contributed by atoms with Crippen LogP contribution in [0.25, 0.3) is 0 Å². The fourth-order valence-corrected chi connectivity index (χ4v) is 2.87. The first-order chi connectivity index (χ1) is 14.1. The van der Waals surface area contributed by atoms with E-state index in [1.165, 1.54) is 0 Å². The lowest BCUT2D eigenvalue weighted by Crippen LogP contribution is -2.34. The van der Waals surface area contributed by atoms with Crippen molar-refractivity contribution in [1.82, 2.24) is 10.3 Å². The Morgan fingerprint density at radius 3 is 2.17 bits per heavy atom. The van der Waals surface area contributed by atoms with E-state index in [9.17, 15) is 9.59 Å². The predicted octanol–water partition coefficient (Wildman–Crippen LogP) is 4.46. The summed E-state index contributed by atoms with van der Waals surface area (Å²) in [4.78, 5) is 31.8. The van der Waals surface area contributed by atoms with Gasteiger partial charge in [-0.1, -0.05) is 61.5 Å². The lowest BCUT2D eigenvalue weighted by molar-refractivity contribution is 0.0934. The summed E-state index contributed by atoms with van der Waals surface area (Å²) in [7, 11) is 0. The topological polar surface area (TPSA) is 62.3 Å². The zero-order valence-corrected chi connectivity index (χ0v) is 16.7. The van der Waals surface area contributed by atoms with Crippen molar-refractivity contribution in [2.24, 2.45) is 0 Å². The van der Waals surface area contributed by atoms with Crippen molar-refractivity contribution in [2.45, 2.75) is 32.9 Å². The molecule has 1 N–H and O–H groups in total. The standard InChI is InChI=1S/C24H25N3O2/c1-3-18(2)25-23(28)21-15-10-16-22(26-21)24(29)27(20-13-8-5-9-14-20)17-19-11-6-4-7-12-19/h4-16,18H,3,17H2,1-2H3,(H,25,28). The van der Waals surface area contributed by atoms with Crippen LogP contribution < -0.4 is 10.2 Å². The maximum Gasteiger partial charge on any atom is 0.277 e. The van der Waals surface area contributed by atoms with Gasteiger partial charge in [-0.2, -0.15) is 0 Å². The number of anilines is 1. The molecule has 0 aliphatic heterocycles. The van der Waals surface area contributed by atoms with E-state index in [0.29, 0.717) is 6.54 Å². The second-order valence-electron chi connectivity index (χ2n) is 6.90. The van der Waals surface area contributed by atoms with Gasteiger partial charge in [0.2, 0.25) is 0 Å². The van der Waals surface area contributed by atoms with Gasteiger partial charge >= 0.3 is 0 Å². The molecule has 29 heavy (non-hydrogen) atoms. The van der Waals surface area contributed by atoms with Crippen LogP contribution in [0.3, 0.4) is 0 Å². The van der Waals surface area contributed by atoms with E-state index in [1.54, 1.807) is 23.1 Å². The molecular formula is C24H25N3O2. The maximum absolute atomic E-state index is 13.3. The average molecular weight is 387 g/mol. The number of benzene rings is 2. The zero-order valence-electron chi connectivity index (χ0n) is 16.7. The highest BCUT2D eigenvalue weighted by atomic mass is 16.2. The Morgan fingerprint density at radius 2 is 1.52 bits per heavy atom. The molecule has 0 radical (unpaired) electrons. The second kappa shape index (κ2) is 9.64. The fourth-order valence-electron chi connectivity index (χ4n) is 2.87. The molecule has 2 aromatic carbocycles. The number of nitrogens with one attached hydrogen (secondary N) is 1. The molecule has 148 valence electrons. The molecule has 5 nitrogen and oxygen atoms in total. The highest BCUT2D eigenvalue weighted by molar-refractivity contribution is 6.05. The zero-order chi connectivity index (χ0) is 20.6. The van der Waals surface area contributed by atoms with Gasteiger partial charge < -0.3 is 10.2 Å². The lowest BCUT2D eigenvalue weighted by atomic mass is 10.1. The Labute approximate surface area is 171 Å². The van der Waals surface area contributed by atoms with Crippen LogP contribution >= 0.6 is 0 Å². The minimum Gasteiger partial charge on any atom is -0.348 e. The van der Waals surface area contributed by atoms with Crippen LogP contribution in [0.5, 0.6) is 0 Å². The average Bonchev–Trinajstić information content (AvgIpc) is 2.78. The van der Waals surface area contributed by atoms with Gasteiger partial charge in [-0.25, -0.2) is 4.98 Å². The van der Waals surface area contributed by atoms with Gasteiger partial charge in [-0.3, -0.25) is 9.59 Å². The number of carbonyl (C=O) groups is 2. The Kier molecular flexibility index (Phi) is 6.74. The molecule has 1 atom stereocenters. The molecule has 5 heteroatoms. The van der Waals surface area contributed by atoms with E-state index in [1.807, 2.05) is 74.5 Å². The molecule has 3 aromatic rings. The Balaban J connectivity index is 1.90. The Bertz CT molecular complexity index is 958. The molecule has 0 aliphatic carbocycles. The van der Waals surface area contributed by atoms with E-state index in [4.69, 9.17) is 0 Å². The van der Waals surface area contributed by atoms with Crippen LogP contribution in [0.1, 0.15) is 46.8 Å². The lowest BCUT2D eigenvalue weighted by Gasteiger charge is -2.23. The summed E-state index contributed by atoms with van der Waals surface area (Å²) in [5.74, 6) is -0.526. The van der Waals surface area contributed by atoms with Gasteiger partial charge in [0.15, 0.2) is 0 Å². The fraction of sp³-hybridized carbons (Fsp3) is 0.208. The van der Waals surface area contributed by atoms with Gasteiger partial charge in [-0.15, -0.1) is 0 Å². The third-order valence-corrected chi connectivity index (χ3v) is 4.69. The first-order valence-electron chi connectivity index (χ1n) is 9.77. The van der Waals surface area contributed by atoms with Crippen molar-refractivity contribution in [3.63, 3.8) is 0 Å². The monoisotopic (exact) mass is 387 g/mol. The highest BCUT2D eigenvalue weighted by Gasteiger charge is 2.21. The molecule has 3 rings (SSSR count). The van der Waals surface area contributed by atoms with Gasteiger partial charge in [0.05, 0.1) is 6.54 Å². The minimum absolute atomic E-state index is 0.0440. The summed E-state index contributed by atoms with van der Waals surface area (Å²) < 4.78 is 0. The minimum atomic E-state index is -0.275. The molecule has 0 fully saturated rings. The summed E-state index contributed by atoms with van der Waals surface area (Å²) >= 11 is 0. The Hall–Kier alpha value is -3.47. The number of para-hydroxylation sites is 1. The summed E-state index contributed by atoms with van der Waals surface area (Å²) in [6.07, 6.45) is 0.823. The molecule has 1 aromatic heterocycles. The van der Waals surface area contributed by atoms with Crippen LogP contribution in [-0.4, -0.2) is 22.8 Å². The maximum atomic E-state index is 13.3. The second-order valence-corrected chi connectivity index (χ2v) is 6.90. The summed E-state index contributed by atoms with van der Waals surface area (Å²) in [5, 5.41) is 2.89. The number of rotatable bonds is 7. The number of hydrogen-bond donors (Lipinski definition) is 1. The van der Waals surface area contributed by atoms with Crippen LogP contribution in [0.15, 0.2) is 78.9 Å². The van der Waals surface area contributed by atoms with Crippen LogP contribution in [0.2, 0.25) is 0 Å². The smallest absolute Gasteiger partial charge is 0.277 e. The number of carbonyl (C=O) groups excluding carboxylic acids is 2. The largest absolute Gasteiger partial charge is 0.348 e. The number of nitrogens with zero attached hydrogens (tertiary/aromatic N) is 2. The summed E-state index contributed by atoms with van der Waals surface area (Å²) in [6, 6.07) is 24.3. The summed E-state index contributed by atoms with van der Waals surface area (Å²) in [6.45, 7) is 4.35. The number of pyridine rings is 1. The van der Waals surface area contributed by atoms with Crippen molar-refractivity contribution in [3.8, 4) is 0 Å². The molecule has 0 saturated carbocycles. The number of amides is 2. The van der Waals surface area contributed by atoms with Crippen molar-refractivity contribution in [1.29, 1.82) is 0 Å². The predicted molar refractivity (Wildman–Crippen MR) is 115 cm³/mol. The van der Waals surface area contributed by atoms with E-state index < -0.39 is 0 Å². The normalized spacial score (nSPS) is 11.5. The first-order valence-corrected chi connectivity index (χ1v) is 9.77. The van der Waals surface area contributed by atoms with Crippen LogP contribution in [0, 0.1) is 0 Å². The van der Waals surface area contributed by atoms with Crippen molar-refractivity contribution in [2.75, 3.05) is 4.90 Å². The van der Waals surface area contributed by atoms with Gasteiger partial charge in [0.25, 0.3) is 11.8 Å². The van der Waals surface area contributed by atoms with Gasteiger partial charge in [0, 0.05) is 11.7 Å². The molecule has 2 amide bonds. The van der Waals surface area contributed by atoms with Crippen LogP contribution in [0.4, 0.5) is 5.69 Å². The first kappa shape index (κ1) is 20.3. The molecular weight excluding hydrogens is 362 g/mol. The Morgan fingerprint density at radius 1 is 0.897 bits per heavy atom. The van der Waals surface area contributed by atoms with Crippen molar-refractivity contribution in [3.05, 3.63) is 95.8 Å². The van der Waals surface area contributed by atoms with Crippen molar-refractivity contribution < 1.29 is 9.59 Å². The van der Waals surface area contributed by atoms with Crippen molar-refractivity contribution >= 4 is 17.5 Å². The summed E-state index contributed by atoms with van der Waals surface area (Å²) in [5.41, 5.74) is 2.26. The SMILES string of the molecule is CCC(C)NC(=O)c1cccc(C(=O)N(Cc2ccccc2)c2ccccc2)n1. The third kappa shape index (κ3) is 5.29. The molecule has 0 saturated heterocycles.